The normalized spacial score (nSPS) is 17.2. The van der Waals surface area contributed by atoms with Crippen molar-refractivity contribution in [2.75, 3.05) is 31.9 Å². The Kier molecular flexibility index (Phi) is 6.70. The number of amides is 1. The first kappa shape index (κ1) is 22.2. The van der Waals surface area contributed by atoms with Gasteiger partial charge in [0.25, 0.3) is 0 Å². The van der Waals surface area contributed by atoms with Crippen molar-refractivity contribution in [3.63, 3.8) is 0 Å². The molecule has 5 nitrogen and oxygen atoms in total. The number of hydrogen-bond acceptors (Lipinski definition) is 4. The summed E-state index contributed by atoms with van der Waals surface area (Å²) in [7, 11) is -3.52. The Morgan fingerprint density at radius 3 is 1.93 bits per heavy atom. The predicted octanol–water partition coefficient (Wildman–Crippen LogP) is 3.35. The number of carbonyl (C=O) groups excluding carboxylic acids is 1. The van der Waals surface area contributed by atoms with E-state index in [1.807, 2.05) is 12.1 Å². The molecule has 1 amide bonds. The van der Waals surface area contributed by atoms with Crippen LogP contribution in [0.2, 0.25) is 0 Å². The third-order valence-corrected chi connectivity index (χ3v) is 7.75. The Morgan fingerprint density at radius 2 is 1.48 bits per heavy atom. The van der Waals surface area contributed by atoms with Crippen LogP contribution in [0.1, 0.15) is 47.1 Å². The van der Waals surface area contributed by atoms with Crippen molar-refractivity contribution >= 4 is 27.7 Å². The van der Waals surface area contributed by atoms with E-state index in [0.29, 0.717) is 36.8 Å². The number of nitrogens with zero attached hydrogens (tertiary/aromatic N) is 2. The largest absolute Gasteiger partial charge is 0.339 e. The summed E-state index contributed by atoms with van der Waals surface area (Å²) in [5.41, 5.74) is 1.09. The van der Waals surface area contributed by atoms with E-state index >= 15 is 0 Å². The minimum atomic E-state index is -3.52. The van der Waals surface area contributed by atoms with Crippen LogP contribution in [0, 0.1) is 0 Å². The maximum Gasteiger partial charge on any atom is 0.243 e. The van der Waals surface area contributed by atoms with E-state index in [9.17, 15) is 13.2 Å². The zero-order chi connectivity index (χ0) is 20.5. The third kappa shape index (κ3) is 5.96. The molecule has 0 aliphatic carbocycles. The second-order valence-corrected chi connectivity index (χ2v) is 12.7. The van der Waals surface area contributed by atoms with Gasteiger partial charge in [-0.3, -0.25) is 4.79 Å². The van der Waals surface area contributed by atoms with Gasteiger partial charge in [-0.1, -0.05) is 53.7 Å². The van der Waals surface area contributed by atoms with Crippen molar-refractivity contribution in [1.82, 2.24) is 9.21 Å². The van der Waals surface area contributed by atoms with Crippen LogP contribution < -0.4 is 0 Å². The van der Waals surface area contributed by atoms with Crippen LogP contribution in [0.5, 0.6) is 0 Å². The molecule has 1 aromatic rings. The molecule has 0 N–H and O–H groups in total. The highest BCUT2D eigenvalue weighted by Crippen LogP contribution is 2.26. The van der Waals surface area contributed by atoms with Crippen LogP contribution in [-0.4, -0.2) is 60.2 Å². The van der Waals surface area contributed by atoms with Gasteiger partial charge in [-0.05, 0) is 23.1 Å². The van der Waals surface area contributed by atoms with Gasteiger partial charge in [0.2, 0.25) is 15.9 Å². The SMILES string of the molecule is CC(C)(C)SCC(=O)N1CCN(S(=O)(=O)c2ccc(C(C)(C)C)cc2)CC1. The van der Waals surface area contributed by atoms with Crippen molar-refractivity contribution in [3.05, 3.63) is 29.8 Å². The molecule has 1 aliphatic heterocycles. The lowest BCUT2D eigenvalue weighted by Crippen LogP contribution is -2.51. The zero-order valence-electron chi connectivity index (χ0n) is 17.3. The van der Waals surface area contributed by atoms with Gasteiger partial charge in [-0.15, -0.1) is 11.8 Å². The van der Waals surface area contributed by atoms with Crippen LogP contribution in [-0.2, 0) is 20.2 Å². The molecule has 7 heteroatoms. The Morgan fingerprint density at radius 1 is 0.963 bits per heavy atom. The van der Waals surface area contributed by atoms with E-state index in [-0.39, 0.29) is 16.1 Å². The average molecular weight is 413 g/mol. The van der Waals surface area contributed by atoms with Crippen molar-refractivity contribution in [3.8, 4) is 0 Å². The minimum Gasteiger partial charge on any atom is -0.339 e. The highest BCUT2D eigenvalue weighted by molar-refractivity contribution is 8.01. The van der Waals surface area contributed by atoms with E-state index in [0.717, 1.165) is 5.56 Å². The number of carbonyl (C=O) groups is 1. The van der Waals surface area contributed by atoms with Crippen molar-refractivity contribution in [2.24, 2.45) is 0 Å². The summed E-state index contributed by atoms with van der Waals surface area (Å²) < 4.78 is 27.3. The fourth-order valence-corrected chi connectivity index (χ4v) is 4.98. The Bertz CT molecular complexity index is 752. The summed E-state index contributed by atoms with van der Waals surface area (Å²) >= 11 is 1.62. The molecule has 0 radical (unpaired) electrons. The summed E-state index contributed by atoms with van der Waals surface area (Å²) in [6.45, 7) is 14.1. The molecule has 152 valence electrons. The highest BCUT2D eigenvalue weighted by atomic mass is 32.2. The Balaban J connectivity index is 1.99. The summed E-state index contributed by atoms with van der Waals surface area (Å²) in [4.78, 5) is 14.4. The summed E-state index contributed by atoms with van der Waals surface area (Å²) in [6, 6.07) is 7.15. The van der Waals surface area contributed by atoms with Gasteiger partial charge in [0, 0.05) is 30.9 Å². The third-order valence-electron chi connectivity index (χ3n) is 4.58. The number of thioether (sulfide) groups is 1. The summed E-state index contributed by atoms with van der Waals surface area (Å²) in [5.74, 6) is 0.520. The molecule has 0 aromatic heterocycles. The number of hydrogen-bond donors (Lipinski definition) is 0. The van der Waals surface area contributed by atoms with Crippen molar-refractivity contribution in [2.45, 2.75) is 56.6 Å². The van der Waals surface area contributed by atoms with Crippen LogP contribution in [0.4, 0.5) is 0 Å². The quantitative estimate of drug-likeness (QED) is 0.761. The average Bonchev–Trinajstić information content (AvgIpc) is 2.58. The van der Waals surface area contributed by atoms with Gasteiger partial charge in [-0.2, -0.15) is 4.31 Å². The highest BCUT2D eigenvalue weighted by Gasteiger charge is 2.30. The van der Waals surface area contributed by atoms with Gasteiger partial charge in [-0.25, -0.2) is 8.42 Å². The Labute approximate surface area is 168 Å². The van der Waals surface area contributed by atoms with Gasteiger partial charge in [0.15, 0.2) is 0 Å². The molecule has 0 atom stereocenters. The lowest BCUT2D eigenvalue weighted by atomic mass is 9.87. The van der Waals surface area contributed by atoms with Crippen LogP contribution in [0.3, 0.4) is 0 Å². The monoisotopic (exact) mass is 412 g/mol. The van der Waals surface area contributed by atoms with Crippen LogP contribution in [0.15, 0.2) is 29.2 Å². The van der Waals surface area contributed by atoms with E-state index in [2.05, 4.69) is 41.5 Å². The predicted molar refractivity (Wildman–Crippen MR) is 113 cm³/mol. The number of rotatable bonds is 4. The van der Waals surface area contributed by atoms with E-state index in [1.54, 1.807) is 28.8 Å². The van der Waals surface area contributed by atoms with E-state index in [4.69, 9.17) is 0 Å². The first-order valence-corrected chi connectivity index (χ1v) is 11.8. The molecule has 0 bridgehead atoms. The number of sulfonamides is 1. The fourth-order valence-electron chi connectivity index (χ4n) is 2.82. The summed E-state index contributed by atoms with van der Waals surface area (Å²) in [6.07, 6.45) is 0. The lowest BCUT2D eigenvalue weighted by molar-refractivity contribution is -0.129. The van der Waals surface area contributed by atoms with Crippen LogP contribution >= 0.6 is 11.8 Å². The van der Waals surface area contributed by atoms with Crippen molar-refractivity contribution < 1.29 is 13.2 Å². The second kappa shape index (κ2) is 8.13. The molecule has 2 rings (SSSR count). The zero-order valence-corrected chi connectivity index (χ0v) is 18.9. The molecular weight excluding hydrogens is 380 g/mol. The fraction of sp³-hybridized carbons (Fsp3) is 0.650. The molecular formula is C20H32N2O3S2. The van der Waals surface area contributed by atoms with Crippen molar-refractivity contribution in [1.29, 1.82) is 0 Å². The smallest absolute Gasteiger partial charge is 0.243 e. The summed E-state index contributed by atoms with van der Waals surface area (Å²) in [5, 5.41) is 0. The second-order valence-electron chi connectivity index (χ2n) is 8.96. The molecule has 1 aliphatic rings. The Hall–Kier alpha value is -1.05. The number of piperazine rings is 1. The van der Waals surface area contributed by atoms with E-state index < -0.39 is 10.0 Å². The minimum absolute atomic E-state index is 0.0145. The van der Waals surface area contributed by atoms with Gasteiger partial charge in [0.05, 0.1) is 10.6 Å². The first-order chi connectivity index (χ1) is 12.3. The van der Waals surface area contributed by atoms with Crippen LogP contribution in [0.25, 0.3) is 0 Å². The van der Waals surface area contributed by atoms with E-state index in [1.165, 1.54) is 4.31 Å². The molecule has 1 fully saturated rings. The molecule has 1 heterocycles. The maximum atomic E-state index is 12.9. The molecule has 1 saturated heterocycles. The number of benzene rings is 1. The molecule has 27 heavy (non-hydrogen) atoms. The maximum absolute atomic E-state index is 12.9. The standard InChI is InChI=1S/C20H32N2O3S2/c1-19(2,3)16-7-9-17(10-8-16)27(24,25)22-13-11-21(12-14-22)18(23)15-26-20(4,5)6/h7-10H,11-15H2,1-6H3. The molecule has 0 spiro atoms. The van der Waals surface area contributed by atoms with Gasteiger partial charge >= 0.3 is 0 Å². The van der Waals surface area contributed by atoms with Gasteiger partial charge < -0.3 is 4.90 Å². The lowest BCUT2D eigenvalue weighted by Gasteiger charge is -2.34. The first-order valence-electron chi connectivity index (χ1n) is 9.33. The molecule has 1 aromatic carbocycles. The molecule has 0 unspecified atom stereocenters. The molecule has 0 saturated carbocycles. The topological polar surface area (TPSA) is 57.7 Å². The van der Waals surface area contributed by atoms with Gasteiger partial charge in [0.1, 0.15) is 0 Å².